The molecule has 1 aromatic carbocycles. The minimum absolute atomic E-state index is 0. The molecule has 2 aromatic rings. The van der Waals surface area contributed by atoms with Gasteiger partial charge < -0.3 is 12.4 Å². The minimum Gasteiger partial charge on any atom is -1.00 e. The predicted octanol–water partition coefficient (Wildman–Crippen LogP) is -0.0118. The molecule has 3 heteroatoms. The quantitative estimate of drug-likeness (QED) is 0.524. The molecule has 0 saturated carbocycles. The highest BCUT2D eigenvalue weighted by molar-refractivity contribution is 6.28. The Morgan fingerprint density at radius 1 is 1.06 bits per heavy atom. The van der Waals surface area contributed by atoms with Crippen LogP contribution in [0.2, 0.25) is 5.15 Å². The molecule has 1 heterocycles. The van der Waals surface area contributed by atoms with Gasteiger partial charge in [0.15, 0.2) is 12.7 Å². The van der Waals surface area contributed by atoms with Crippen molar-refractivity contribution in [2.75, 3.05) is 0 Å². The molecule has 0 bridgehead atoms. The largest absolute Gasteiger partial charge is 1.00 e. The van der Waals surface area contributed by atoms with Crippen molar-refractivity contribution in [3.8, 4) is 0 Å². The maximum Gasteiger partial charge on any atom is 0.275 e. The lowest BCUT2D eigenvalue weighted by molar-refractivity contribution is -0.686. The minimum atomic E-state index is 0. The van der Waals surface area contributed by atoms with Gasteiger partial charge in [0.25, 0.3) is 5.15 Å². The average molecular weight is 254 g/mol. The van der Waals surface area contributed by atoms with Crippen LogP contribution in [-0.2, 0) is 6.54 Å². The molecule has 0 amide bonds. The van der Waals surface area contributed by atoms with Crippen LogP contribution in [0.4, 0.5) is 0 Å². The molecule has 1 aromatic heterocycles. The topological polar surface area (TPSA) is 3.88 Å². The van der Waals surface area contributed by atoms with Gasteiger partial charge in [0.05, 0.1) is 0 Å². The van der Waals surface area contributed by atoms with Gasteiger partial charge >= 0.3 is 0 Å². The van der Waals surface area contributed by atoms with E-state index < -0.39 is 0 Å². The molecule has 2 rings (SSSR count). The molecule has 0 aliphatic heterocycles. The molecule has 0 radical (unpaired) electrons. The average Bonchev–Trinajstić information content (AvgIpc) is 2.25. The van der Waals surface area contributed by atoms with Crippen molar-refractivity contribution >= 4 is 11.6 Å². The highest BCUT2D eigenvalue weighted by atomic mass is 35.5. The summed E-state index contributed by atoms with van der Waals surface area (Å²) in [5.41, 5.74) is 2.48. The third-order valence-electron chi connectivity index (χ3n) is 2.31. The summed E-state index contributed by atoms with van der Waals surface area (Å²) >= 11 is 6.11. The van der Waals surface area contributed by atoms with Crippen LogP contribution in [0, 0.1) is 6.92 Å². The third kappa shape index (κ3) is 3.22. The highest BCUT2D eigenvalue weighted by Crippen LogP contribution is 2.05. The normalized spacial score (nSPS) is 9.62. The fourth-order valence-corrected chi connectivity index (χ4v) is 1.72. The summed E-state index contributed by atoms with van der Waals surface area (Å²) in [6, 6.07) is 14.3. The lowest BCUT2D eigenvalue weighted by Crippen LogP contribution is -3.00. The first kappa shape index (κ1) is 13.0. The van der Waals surface area contributed by atoms with Crippen molar-refractivity contribution in [1.82, 2.24) is 0 Å². The first-order chi connectivity index (χ1) is 7.25. The smallest absolute Gasteiger partial charge is 0.275 e. The van der Waals surface area contributed by atoms with E-state index in [4.69, 9.17) is 11.6 Å². The zero-order valence-corrected chi connectivity index (χ0v) is 10.5. The number of hydrogen-bond acceptors (Lipinski definition) is 0. The van der Waals surface area contributed by atoms with Crippen molar-refractivity contribution in [2.24, 2.45) is 0 Å². The number of aromatic nitrogens is 1. The number of hydrogen-bond donors (Lipinski definition) is 0. The lowest BCUT2D eigenvalue weighted by Gasteiger charge is -2.00. The molecule has 0 spiro atoms. The molecule has 16 heavy (non-hydrogen) atoms. The van der Waals surface area contributed by atoms with Gasteiger partial charge in [0.2, 0.25) is 0 Å². The molecule has 0 unspecified atom stereocenters. The van der Waals surface area contributed by atoms with E-state index in [-0.39, 0.29) is 12.4 Å². The zero-order chi connectivity index (χ0) is 10.7. The van der Waals surface area contributed by atoms with Gasteiger partial charge in [-0.1, -0.05) is 30.3 Å². The second-order valence-electron chi connectivity index (χ2n) is 3.64. The summed E-state index contributed by atoms with van der Waals surface area (Å²) in [6.07, 6.45) is 2.06. The van der Waals surface area contributed by atoms with Gasteiger partial charge in [0.1, 0.15) is 0 Å². The molecule has 0 aliphatic rings. The Morgan fingerprint density at radius 2 is 1.75 bits per heavy atom. The predicted molar refractivity (Wildman–Crippen MR) is 61.9 cm³/mol. The molecule has 84 valence electrons. The van der Waals surface area contributed by atoms with E-state index in [2.05, 4.69) is 25.3 Å². The summed E-state index contributed by atoms with van der Waals surface area (Å²) in [5, 5.41) is 0.768. The first-order valence-electron chi connectivity index (χ1n) is 4.95. The second-order valence-corrected chi connectivity index (χ2v) is 4.03. The van der Waals surface area contributed by atoms with Crippen LogP contribution in [0.15, 0.2) is 48.7 Å². The number of aryl methyl sites for hydroxylation is 1. The van der Waals surface area contributed by atoms with Gasteiger partial charge in [0, 0.05) is 17.2 Å². The van der Waals surface area contributed by atoms with Gasteiger partial charge in [-0.25, -0.2) is 0 Å². The molecule has 1 nitrogen and oxygen atoms in total. The zero-order valence-electron chi connectivity index (χ0n) is 9.03. The highest BCUT2D eigenvalue weighted by Gasteiger charge is 2.08. The molecule has 0 fully saturated rings. The fourth-order valence-electron chi connectivity index (χ4n) is 1.55. The Labute approximate surface area is 107 Å². The standard InChI is InChI=1S/C13H13ClN.ClH/c1-11-7-8-13(14)15(9-11)10-12-5-3-2-4-6-12;/h2-9H,10H2,1H3;1H/q+1;/p-1. The number of nitrogens with zero attached hydrogens (tertiary/aromatic N) is 1. The third-order valence-corrected chi connectivity index (χ3v) is 2.66. The van der Waals surface area contributed by atoms with Gasteiger partial charge in [-0.3, -0.25) is 0 Å². The SMILES string of the molecule is Cc1ccc(Cl)[n+](Cc2ccccc2)c1.[Cl-]. The van der Waals surface area contributed by atoms with Gasteiger partial charge in [-0.05, 0) is 24.6 Å². The van der Waals surface area contributed by atoms with Crippen molar-refractivity contribution in [3.63, 3.8) is 0 Å². The number of rotatable bonds is 2. The Morgan fingerprint density at radius 3 is 2.44 bits per heavy atom. The van der Waals surface area contributed by atoms with Crippen molar-refractivity contribution in [2.45, 2.75) is 13.5 Å². The van der Waals surface area contributed by atoms with E-state index in [0.29, 0.717) is 0 Å². The van der Waals surface area contributed by atoms with E-state index in [0.717, 1.165) is 11.7 Å². The van der Waals surface area contributed by atoms with Crippen molar-refractivity contribution in [1.29, 1.82) is 0 Å². The summed E-state index contributed by atoms with van der Waals surface area (Å²) in [6.45, 7) is 2.89. The summed E-state index contributed by atoms with van der Waals surface area (Å²) in [5.74, 6) is 0. The van der Waals surface area contributed by atoms with Crippen molar-refractivity contribution < 1.29 is 17.0 Å². The van der Waals surface area contributed by atoms with Crippen LogP contribution >= 0.6 is 11.6 Å². The van der Waals surface area contributed by atoms with Crippen LogP contribution in [0.1, 0.15) is 11.1 Å². The van der Waals surface area contributed by atoms with Crippen LogP contribution < -0.4 is 17.0 Å². The van der Waals surface area contributed by atoms with E-state index in [1.165, 1.54) is 11.1 Å². The summed E-state index contributed by atoms with van der Waals surface area (Å²) < 4.78 is 2.05. The van der Waals surface area contributed by atoms with Crippen molar-refractivity contribution in [3.05, 3.63) is 64.9 Å². The Hall–Kier alpha value is -1.05. The molecular weight excluding hydrogens is 241 g/mol. The van der Waals surface area contributed by atoms with E-state index >= 15 is 0 Å². The van der Waals surface area contributed by atoms with E-state index in [1.807, 2.05) is 34.9 Å². The monoisotopic (exact) mass is 253 g/mol. The molecule has 0 N–H and O–H groups in total. The van der Waals surface area contributed by atoms with Crippen LogP contribution in [-0.4, -0.2) is 0 Å². The van der Waals surface area contributed by atoms with E-state index in [9.17, 15) is 0 Å². The van der Waals surface area contributed by atoms with Gasteiger partial charge in [-0.2, -0.15) is 4.57 Å². The molecule has 0 aliphatic carbocycles. The first-order valence-corrected chi connectivity index (χ1v) is 5.33. The molecule has 0 saturated heterocycles. The second kappa shape index (κ2) is 5.88. The Kier molecular flexibility index (Phi) is 4.78. The summed E-state index contributed by atoms with van der Waals surface area (Å²) in [4.78, 5) is 0. The maximum atomic E-state index is 6.11. The number of halogens is 2. The molecular formula is C13H13Cl2N. The fraction of sp³-hybridized carbons (Fsp3) is 0.154. The Bertz CT molecular complexity index is 455. The Balaban J connectivity index is 0.00000128. The van der Waals surface area contributed by atoms with Crippen LogP contribution in [0.3, 0.4) is 0 Å². The maximum absolute atomic E-state index is 6.11. The molecule has 0 atom stereocenters. The van der Waals surface area contributed by atoms with Gasteiger partial charge in [-0.15, -0.1) is 0 Å². The van der Waals surface area contributed by atoms with Crippen LogP contribution in [0.25, 0.3) is 0 Å². The lowest BCUT2D eigenvalue weighted by atomic mass is 10.2. The van der Waals surface area contributed by atoms with E-state index in [1.54, 1.807) is 0 Å². The summed E-state index contributed by atoms with van der Waals surface area (Å²) in [7, 11) is 0. The van der Waals surface area contributed by atoms with Crippen LogP contribution in [0.5, 0.6) is 0 Å². The number of benzene rings is 1. The number of pyridine rings is 1.